The van der Waals surface area contributed by atoms with Gasteiger partial charge in [-0.15, -0.1) is 11.3 Å². The lowest BCUT2D eigenvalue weighted by Gasteiger charge is -2.12. The third kappa shape index (κ3) is 4.14. The van der Waals surface area contributed by atoms with Gasteiger partial charge in [0, 0.05) is 24.0 Å². The van der Waals surface area contributed by atoms with E-state index >= 15 is 0 Å². The average molecular weight is 310 g/mol. The largest absolute Gasteiger partial charge is 0.308 e. The first kappa shape index (κ1) is 15.2. The van der Waals surface area contributed by atoms with Gasteiger partial charge in [0.15, 0.2) is 0 Å². The second kappa shape index (κ2) is 6.99. The van der Waals surface area contributed by atoms with E-state index in [4.69, 9.17) is 0 Å². The van der Waals surface area contributed by atoms with E-state index in [1.807, 2.05) is 11.4 Å². The molecule has 0 aliphatic heterocycles. The molecule has 1 heterocycles. The molecule has 0 saturated carbocycles. The summed E-state index contributed by atoms with van der Waals surface area (Å²) in [6, 6.07) is 12.7. The summed E-state index contributed by atoms with van der Waals surface area (Å²) in [7, 11) is -3.40. The molecule has 20 heavy (non-hydrogen) atoms. The van der Waals surface area contributed by atoms with Gasteiger partial charge in [0.1, 0.15) is 0 Å². The van der Waals surface area contributed by atoms with Crippen molar-refractivity contribution in [1.82, 2.24) is 10.0 Å². The molecule has 0 bridgehead atoms. The predicted octanol–water partition coefficient (Wildman–Crippen LogP) is 2.38. The van der Waals surface area contributed by atoms with Crippen LogP contribution in [0.2, 0.25) is 0 Å². The van der Waals surface area contributed by atoms with Gasteiger partial charge in [-0.25, -0.2) is 13.1 Å². The molecule has 0 spiro atoms. The number of sulfonamides is 1. The first-order valence-electron chi connectivity index (χ1n) is 6.41. The highest BCUT2D eigenvalue weighted by molar-refractivity contribution is 7.89. The van der Waals surface area contributed by atoms with E-state index in [-0.39, 0.29) is 6.04 Å². The highest BCUT2D eigenvalue weighted by Gasteiger charge is 2.12. The van der Waals surface area contributed by atoms with Gasteiger partial charge in [0.2, 0.25) is 10.0 Å². The van der Waals surface area contributed by atoms with Gasteiger partial charge in [-0.2, -0.15) is 0 Å². The van der Waals surface area contributed by atoms with Crippen molar-refractivity contribution >= 4 is 21.4 Å². The molecule has 2 N–H and O–H groups in total. The summed E-state index contributed by atoms with van der Waals surface area (Å²) in [4.78, 5) is 1.54. The SMILES string of the molecule is C[C@@H](NCCNS(=O)(=O)c1ccccc1)c1cccs1. The molecular weight excluding hydrogens is 292 g/mol. The minimum Gasteiger partial charge on any atom is -0.308 e. The van der Waals surface area contributed by atoms with Crippen LogP contribution in [0.1, 0.15) is 17.8 Å². The number of rotatable bonds is 7. The molecule has 0 unspecified atom stereocenters. The Morgan fingerprint density at radius 1 is 1.10 bits per heavy atom. The Kier molecular flexibility index (Phi) is 5.31. The molecule has 0 amide bonds. The van der Waals surface area contributed by atoms with Gasteiger partial charge in [0.05, 0.1) is 4.90 Å². The third-order valence-corrected chi connectivity index (χ3v) is 5.42. The summed E-state index contributed by atoms with van der Waals surface area (Å²) in [6.07, 6.45) is 0. The third-order valence-electron chi connectivity index (χ3n) is 2.89. The molecule has 2 aromatic rings. The molecule has 1 aromatic heterocycles. The number of hydrogen-bond acceptors (Lipinski definition) is 4. The average Bonchev–Trinajstić information content (AvgIpc) is 2.98. The monoisotopic (exact) mass is 310 g/mol. The Labute approximate surface area is 123 Å². The zero-order valence-corrected chi connectivity index (χ0v) is 12.9. The molecule has 0 saturated heterocycles. The quantitative estimate of drug-likeness (QED) is 0.772. The zero-order chi connectivity index (χ0) is 14.4. The van der Waals surface area contributed by atoms with Gasteiger partial charge in [-0.05, 0) is 30.5 Å². The molecule has 0 aliphatic rings. The molecule has 0 radical (unpaired) electrons. The van der Waals surface area contributed by atoms with Crippen LogP contribution >= 0.6 is 11.3 Å². The first-order valence-corrected chi connectivity index (χ1v) is 8.77. The normalized spacial score (nSPS) is 13.2. The van der Waals surface area contributed by atoms with Crippen LogP contribution in [-0.4, -0.2) is 21.5 Å². The highest BCUT2D eigenvalue weighted by Crippen LogP contribution is 2.17. The van der Waals surface area contributed by atoms with Crippen molar-refractivity contribution in [2.45, 2.75) is 17.9 Å². The number of benzene rings is 1. The van der Waals surface area contributed by atoms with Crippen LogP contribution in [0.25, 0.3) is 0 Å². The van der Waals surface area contributed by atoms with Crippen molar-refractivity contribution in [3.8, 4) is 0 Å². The van der Waals surface area contributed by atoms with Crippen molar-refractivity contribution in [2.24, 2.45) is 0 Å². The van der Waals surface area contributed by atoms with Crippen LogP contribution in [-0.2, 0) is 10.0 Å². The summed E-state index contributed by atoms with van der Waals surface area (Å²) in [6.45, 7) is 3.02. The van der Waals surface area contributed by atoms with Crippen LogP contribution in [0.4, 0.5) is 0 Å². The minimum absolute atomic E-state index is 0.233. The zero-order valence-electron chi connectivity index (χ0n) is 11.2. The molecule has 1 atom stereocenters. The second-order valence-corrected chi connectivity index (χ2v) is 7.15. The Bertz CT molecular complexity index is 610. The minimum atomic E-state index is -3.40. The fourth-order valence-electron chi connectivity index (χ4n) is 1.80. The van der Waals surface area contributed by atoms with E-state index in [9.17, 15) is 8.42 Å². The fourth-order valence-corrected chi connectivity index (χ4v) is 3.61. The van der Waals surface area contributed by atoms with Crippen molar-refractivity contribution in [2.75, 3.05) is 13.1 Å². The number of thiophene rings is 1. The van der Waals surface area contributed by atoms with Crippen LogP contribution in [0.15, 0.2) is 52.7 Å². The summed E-state index contributed by atoms with van der Waals surface area (Å²) >= 11 is 1.69. The van der Waals surface area contributed by atoms with Crippen LogP contribution in [0.5, 0.6) is 0 Å². The van der Waals surface area contributed by atoms with E-state index in [2.05, 4.69) is 23.0 Å². The molecule has 2 rings (SSSR count). The second-order valence-electron chi connectivity index (χ2n) is 4.40. The molecule has 6 heteroatoms. The number of hydrogen-bond donors (Lipinski definition) is 2. The van der Waals surface area contributed by atoms with Crippen molar-refractivity contribution in [3.05, 3.63) is 52.7 Å². The van der Waals surface area contributed by atoms with Gasteiger partial charge >= 0.3 is 0 Å². The Morgan fingerprint density at radius 3 is 2.50 bits per heavy atom. The predicted molar refractivity (Wildman–Crippen MR) is 82.4 cm³/mol. The molecule has 108 valence electrons. The van der Waals surface area contributed by atoms with Gasteiger partial charge in [-0.1, -0.05) is 24.3 Å². The number of nitrogens with one attached hydrogen (secondary N) is 2. The van der Waals surface area contributed by atoms with Gasteiger partial charge in [0.25, 0.3) is 0 Å². The summed E-state index contributed by atoms with van der Waals surface area (Å²) < 4.78 is 26.5. The lowest BCUT2D eigenvalue weighted by atomic mass is 10.3. The smallest absolute Gasteiger partial charge is 0.240 e. The topological polar surface area (TPSA) is 58.2 Å². The Balaban J connectivity index is 1.79. The highest BCUT2D eigenvalue weighted by atomic mass is 32.2. The maximum absolute atomic E-state index is 12.0. The maximum atomic E-state index is 12.0. The fraction of sp³-hybridized carbons (Fsp3) is 0.286. The van der Waals surface area contributed by atoms with Crippen molar-refractivity contribution in [3.63, 3.8) is 0 Å². The lowest BCUT2D eigenvalue weighted by Crippen LogP contribution is -2.32. The van der Waals surface area contributed by atoms with Crippen LogP contribution < -0.4 is 10.0 Å². The summed E-state index contributed by atoms with van der Waals surface area (Å²) in [5, 5.41) is 5.33. The van der Waals surface area contributed by atoms with E-state index < -0.39 is 10.0 Å². The maximum Gasteiger partial charge on any atom is 0.240 e. The van der Waals surface area contributed by atoms with Crippen molar-refractivity contribution in [1.29, 1.82) is 0 Å². The molecule has 0 aliphatic carbocycles. The summed E-state index contributed by atoms with van der Waals surface area (Å²) in [5.74, 6) is 0. The molecule has 4 nitrogen and oxygen atoms in total. The van der Waals surface area contributed by atoms with E-state index in [0.29, 0.717) is 18.0 Å². The van der Waals surface area contributed by atoms with Gasteiger partial charge in [-0.3, -0.25) is 0 Å². The van der Waals surface area contributed by atoms with Crippen LogP contribution in [0.3, 0.4) is 0 Å². The first-order chi connectivity index (χ1) is 9.59. The summed E-state index contributed by atoms with van der Waals surface area (Å²) in [5.41, 5.74) is 0. The molecule has 0 fully saturated rings. The lowest BCUT2D eigenvalue weighted by molar-refractivity contribution is 0.557. The van der Waals surface area contributed by atoms with E-state index in [1.54, 1.807) is 41.7 Å². The molecule has 1 aromatic carbocycles. The molecular formula is C14H18N2O2S2. The van der Waals surface area contributed by atoms with Crippen LogP contribution in [0, 0.1) is 0 Å². The van der Waals surface area contributed by atoms with E-state index in [1.165, 1.54) is 4.88 Å². The van der Waals surface area contributed by atoms with Crippen molar-refractivity contribution < 1.29 is 8.42 Å². The van der Waals surface area contributed by atoms with E-state index in [0.717, 1.165) is 0 Å². The Hall–Kier alpha value is -1.21. The van der Waals surface area contributed by atoms with Gasteiger partial charge < -0.3 is 5.32 Å². The Morgan fingerprint density at radius 2 is 1.85 bits per heavy atom. The standard InChI is InChI=1S/C14H18N2O2S2/c1-12(14-8-5-11-19-14)15-9-10-16-20(17,18)13-6-3-2-4-7-13/h2-8,11-12,15-16H,9-10H2,1H3/t12-/m1/s1.